The fraction of sp³-hybridized carbons (Fsp3) is 0.0714. The molecule has 0 radical (unpaired) electrons. The van der Waals surface area contributed by atoms with Crippen LogP contribution < -0.4 is 5.32 Å². The Kier molecular flexibility index (Phi) is 4.74. The molecule has 21 heavy (non-hydrogen) atoms. The molecular formula is C14H10Br2N2O3. The number of halogens is 2. The molecule has 1 amide bonds. The maximum atomic E-state index is 12.1. The third kappa shape index (κ3) is 3.68. The molecule has 7 heteroatoms. The normalized spacial score (nSPS) is 10.2. The topological polar surface area (TPSA) is 72.2 Å². The van der Waals surface area contributed by atoms with Gasteiger partial charge in [0.1, 0.15) is 0 Å². The van der Waals surface area contributed by atoms with Gasteiger partial charge in [-0.15, -0.1) is 0 Å². The third-order valence-corrected chi connectivity index (χ3v) is 4.71. The number of hydrogen-bond donors (Lipinski definition) is 1. The highest BCUT2D eigenvalue weighted by Gasteiger charge is 2.14. The van der Waals surface area contributed by atoms with Gasteiger partial charge in [0.25, 0.3) is 11.6 Å². The number of carbonyl (C=O) groups excluding carboxylic acids is 1. The second kappa shape index (κ2) is 6.36. The molecule has 0 fully saturated rings. The Hall–Kier alpha value is -1.73. The molecular weight excluding hydrogens is 404 g/mol. The number of amides is 1. The van der Waals surface area contributed by atoms with E-state index in [9.17, 15) is 14.9 Å². The summed E-state index contributed by atoms with van der Waals surface area (Å²) in [5, 5.41) is 13.5. The number of nitrogens with one attached hydrogen (secondary N) is 1. The molecule has 2 rings (SSSR count). The molecule has 0 bridgehead atoms. The van der Waals surface area contributed by atoms with Crippen molar-refractivity contribution in [1.82, 2.24) is 0 Å². The number of carbonyl (C=O) groups is 1. The highest BCUT2D eigenvalue weighted by Crippen LogP contribution is 2.26. The highest BCUT2D eigenvalue weighted by molar-refractivity contribution is 9.13. The van der Waals surface area contributed by atoms with E-state index in [0.29, 0.717) is 16.8 Å². The van der Waals surface area contributed by atoms with Crippen molar-refractivity contribution in [3.63, 3.8) is 0 Å². The summed E-state index contributed by atoms with van der Waals surface area (Å²) in [6, 6.07) is 9.60. The van der Waals surface area contributed by atoms with Gasteiger partial charge in [-0.1, -0.05) is 0 Å². The molecule has 0 unspecified atom stereocenters. The first-order valence-electron chi connectivity index (χ1n) is 5.90. The van der Waals surface area contributed by atoms with Gasteiger partial charge in [0, 0.05) is 31.8 Å². The highest BCUT2D eigenvalue weighted by atomic mass is 79.9. The van der Waals surface area contributed by atoms with E-state index in [-0.39, 0.29) is 11.6 Å². The zero-order valence-electron chi connectivity index (χ0n) is 10.9. The molecule has 0 aliphatic heterocycles. The Labute approximate surface area is 137 Å². The number of rotatable bonds is 3. The SMILES string of the molecule is Cc1cc(C(=O)Nc2ccc(Br)c(Br)c2)ccc1[N+](=O)[O-]. The number of hydrogen-bond acceptors (Lipinski definition) is 3. The van der Waals surface area contributed by atoms with Crippen molar-refractivity contribution in [2.45, 2.75) is 6.92 Å². The summed E-state index contributed by atoms with van der Waals surface area (Å²) in [4.78, 5) is 22.4. The van der Waals surface area contributed by atoms with Gasteiger partial charge in [0.15, 0.2) is 0 Å². The number of benzene rings is 2. The summed E-state index contributed by atoms with van der Waals surface area (Å²) in [5.41, 5.74) is 1.45. The van der Waals surface area contributed by atoms with Crippen LogP contribution in [-0.2, 0) is 0 Å². The van der Waals surface area contributed by atoms with E-state index in [1.165, 1.54) is 18.2 Å². The van der Waals surface area contributed by atoms with Crippen molar-refractivity contribution in [1.29, 1.82) is 0 Å². The second-order valence-electron chi connectivity index (χ2n) is 4.34. The van der Waals surface area contributed by atoms with Crippen LogP contribution in [0, 0.1) is 17.0 Å². The second-order valence-corrected chi connectivity index (χ2v) is 6.05. The predicted octanol–water partition coefficient (Wildman–Crippen LogP) is 4.68. The maximum absolute atomic E-state index is 12.1. The monoisotopic (exact) mass is 412 g/mol. The van der Waals surface area contributed by atoms with Gasteiger partial charge >= 0.3 is 0 Å². The largest absolute Gasteiger partial charge is 0.322 e. The molecule has 2 aromatic carbocycles. The Morgan fingerprint density at radius 1 is 1.14 bits per heavy atom. The van der Waals surface area contributed by atoms with Crippen LogP contribution >= 0.6 is 31.9 Å². The lowest BCUT2D eigenvalue weighted by atomic mass is 10.1. The fourth-order valence-corrected chi connectivity index (χ4v) is 2.40. The van der Waals surface area contributed by atoms with Crippen molar-refractivity contribution < 1.29 is 9.72 Å². The summed E-state index contributed by atoms with van der Waals surface area (Å²) in [6.07, 6.45) is 0. The Morgan fingerprint density at radius 3 is 2.43 bits per heavy atom. The molecule has 0 spiro atoms. The summed E-state index contributed by atoms with van der Waals surface area (Å²) in [7, 11) is 0. The summed E-state index contributed by atoms with van der Waals surface area (Å²) in [5.74, 6) is -0.317. The predicted molar refractivity (Wildman–Crippen MR) is 87.6 cm³/mol. The minimum Gasteiger partial charge on any atom is -0.322 e. The summed E-state index contributed by atoms with van der Waals surface area (Å²) < 4.78 is 1.70. The molecule has 0 saturated carbocycles. The lowest BCUT2D eigenvalue weighted by Crippen LogP contribution is -2.12. The lowest BCUT2D eigenvalue weighted by Gasteiger charge is -2.07. The molecule has 108 valence electrons. The number of nitro benzene ring substituents is 1. The van der Waals surface area contributed by atoms with Gasteiger partial charge in [0.05, 0.1) is 4.92 Å². The van der Waals surface area contributed by atoms with Crippen molar-refractivity contribution in [2.75, 3.05) is 5.32 Å². The third-order valence-electron chi connectivity index (χ3n) is 2.83. The van der Waals surface area contributed by atoms with E-state index >= 15 is 0 Å². The molecule has 0 saturated heterocycles. The molecule has 0 aliphatic rings. The van der Waals surface area contributed by atoms with Crippen LogP contribution in [0.2, 0.25) is 0 Å². The average molecular weight is 414 g/mol. The van der Waals surface area contributed by atoms with Crippen molar-refractivity contribution in [3.8, 4) is 0 Å². The molecule has 1 N–H and O–H groups in total. The first-order valence-corrected chi connectivity index (χ1v) is 7.48. The smallest absolute Gasteiger partial charge is 0.272 e. The molecule has 0 aromatic heterocycles. The summed E-state index contributed by atoms with van der Waals surface area (Å²) >= 11 is 6.70. The van der Waals surface area contributed by atoms with Gasteiger partial charge in [-0.25, -0.2) is 0 Å². The van der Waals surface area contributed by atoms with Crippen LogP contribution in [-0.4, -0.2) is 10.8 Å². The van der Waals surface area contributed by atoms with Crippen LogP contribution in [0.3, 0.4) is 0 Å². The van der Waals surface area contributed by atoms with Crippen molar-refractivity contribution in [2.24, 2.45) is 0 Å². The number of anilines is 1. The zero-order chi connectivity index (χ0) is 15.6. The molecule has 0 aliphatic carbocycles. The van der Waals surface area contributed by atoms with E-state index in [1.807, 2.05) is 0 Å². The van der Waals surface area contributed by atoms with Gasteiger partial charge in [0.2, 0.25) is 0 Å². The van der Waals surface area contributed by atoms with E-state index in [4.69, 9.17) is 0 Å². The number of aryl methyl sites for hydroxylation is 1. The van der Waals surface area contributed by atoms with Crippen LogP contribution in [0.15, 0.2) is 45.3 Å². The number of nitro groups is 1. The Morgan fingerprint density at radius 2 is 1.86 bits per heavy atom. The fourth-order valence-electron chi connectivity index (χ4n) is 1.78. The van der Waals surface area contributed by atoms with Crippen LogP contribution in [0.1, 0.15) is 15.9 Å². The quantitative estimate of drug-likeness (QED) is 0.586. The Bertz CT molecular complexity index is 732. The standard InChI is InChI=1S/C14H10Br2N2O3/c1-8-6-9(2-5-13(8)18(20)21)14(19)17-10-3-4-11(15)12(16)7-10/h2-7H,1H3,(H,17,19). The first kappa shape index (κ1) is 15.7. The van der Waals surface area contributed by atoms with E-state index in [0.717, 1.165) is 8.95 Å². The van der Waals surface area contributed by atoms with Crippen molar-refractivity contribution >= 4 is 49.1 Å². The van der Waals surface area contributed by atoms with Gasteiger partial charge < -0.3 is 5.32 Å². The lowest BCUT2D eigenvalue weighted by molar-refractivity contribution is -0.385. The van der Waals surface area contributed by atoms with Crippen molar-refractivity contribution in [3.05, 3.63) is 66.6 Å². The minimum atomic E-state index is -0.469. The average Bonchev–Trinajstić information content (AvgIpc) is 2.42. The summed E-state index contributed by atoms with van der Waals surface area (Å²) in [6.45, 7) is 1.60. The van der Waals surface area contributed by atoms with Gasteiger partial charge in [-0.05, 0) is 69.1 Å². The minimum absolute atomic E-state index is 0.00191. The van der Waals surface area contributed by atoms with Gasteiger partial charge in [-0.2, -0.15) is 0 Å². The van der Waals surface area contributed by atoms with Crippen LogP contribution in [0.5, 0.6) is 0 Å². The first-order chi connectivity index (χ1) is 9.88. The van der Waals surface area contributed by atoms with Crippen LogP contribution in [0.25, 0.3) is 0 Å². The number of nitrogens with zero attached hydrogens (tertiary/aromatic N) is 1. The molecule has 5 nitrogen and oxygen atoms in total. The van der Waals surface area contributed by atoms with E-state index < -0.39 is 4.92 Å². The molecule has 2 aromatic rings. The van der Waals surface area contributed by atoms with E-state index in [1.54, 1.807) is 25.1 Å². The van der Waals surface area contributed by atoms with Crippen LogP contribution in [0.4, 0.5) is 11.4 Å². The van der Waals surface area contributed by atoms with E-state index in [2.05, 4.69) is 37.2 Å². The molecule has 0 heterocycles. The maximum Gasteiger partial charge on any atom is 0.272 e. The van der Waals surface area contributed by atoms with Gasteiger partial charge in [-0.3, -0.25) is 14.9 Å². The Balaban J connectivity index is 2.22. The molecule has 0 atom stereocenters. The zero-order valence-corrected chi connectivity index (χ0v) is 14.1.